The van der Waals surface area contributed by atoms with Gasteiger partial charge in [-0.1, -0.05) is 41.0 Å². The second kappa shape index (κ2) is 5.87. The maximum atomic E-state index is 7.61. The molecule has 0 aliphatic heterocycles. The van der Waals surface area contributed by atoms with Crippen molar-refractivity contribution in [2.75, 3.05) is 0 Å². The standard InChI is InChI=1S/C14H12Cl2N2S/c1-8-2-4-10(14(17)18)12(6-8)19-13-7-9(15)3-5-11(13)16/h2-7H,1H3,(H3,17,18). The summed E-state index contributed by atoms with van der Waals surface area (Å²) in [4.78, 5) is 1.75. The first-order valence-electron chi connectivity index (χ1n) is 5.55. The molecule has 2 nitrogen and oxygen atoms in total. The minimum absolute atomic E-state index is 0.0423. The van der Waals surface area contributed by atoms with Crippen molar-refractivity contribution >= 4 is 40.8 Å². The highest BCUT2D eigenvalue weighted by atomic mass is 35.5. The van der Waals surface area contributed by atoms with E-state index in [2.05, 4.69) is 0 Å². The van der Waals surface area contributed by atoms with E-state index >= 15 is 0 Å². The summed E-state index contributed by atoms with van der Waals surface area (Å²) in [5, 5.41) is 8.87. The summed E-state index contributed by atoms with van der Waals surface area (Å²) < 4.78 is 0. The van der Waals surface area contributed by atoms with E-state index in [-0.39, 0.29) is 5.84 Å². The number of amidine groups is 1. The van der Waals surface area contributed by atoms with Crippen LogP contribution in [0.5, 0.6) is 0 Å². The van der Waals surface area contributed by atoms with Crippen molar-refractivity contribution in [3.05, 3.63) is 57.6 Å². The van der Waals surface area contributed by atoms with E-state index in [9.17, 15) is 0 Å². The van der Waals surface area contributed by atoms with Gasteiger partial charge in [-0.25, -0.2) is 0 Å². The lowest BCUT2D eigenvalue weighted by atomic mass is 10.1. The van der Waals surface area contributed by atoms with Crippen molar-refractivity contribution in [2.24, 2.45) is 5.73 Å². The molecule has 0 atom stereocenters. The molecular weight excluding hydrogens is 299 g/mol. The largest absolute Gasteiger partial charge is 0.384 e. The van der Waals surface area contributed by atoms with E-state index in [1.54, 1.807) is 18.2 Å². The zero-order chi connectivity index (χ0) is 14.0. The smallest absolute Gasteiger partial charge is 0.123 e. The highest BCUT2D eigenvalue weighted by molar-refractivity contribution is 7.99. The van der Waals surface area contributed by atoms with Gasteiger partial charge in [-0.05, 0) is 42.8 Å². The van der Waals surface area contributed by atoms with Crippen LogP contribution in [-0.2, 0) is 0 Å². The van der Waals surface area contributed by atoms with Gasteiger partial charge in [0.25, 0.3) is 0 Å². The summed E-state index contributed by atoms with van der Waals surface area (Å²) in [6, 6.07) is 11.1. The molecule has 5 heteroatoms. The van der Waals surface area contributed by atoms with Gasteiger partial charge in [-0.3, -0.25) is 5.41 Å². The van der Waals surface area contributed by atoms with Crippen molar-refractivity contribution in [1.29, 1.82) is 5.41 Å². The first-order chi connectivity index (χ1) is 8.97. The van der Waals surface area contributed by atoms with E-state index in [1.807, 2.05) is 25.1 Å². The number of hydrogen-bond donors (Lipinski definition) is 2. The summed E-state index contributed by atoms with van der Waals surface area (Å²) in [6.07, 6.45) is 0. The monoisotopic (exact) mass is 310 g/mol. The van der Waals surface area contributed by atoms with Crippen molar-refractivity contribution in [3.63, 3.8) is 0 Å². The molecule has 0 aliphatic rings. The van der Waals surface area contributed by atoms with Crippen LogP contribution >= 0.6 is 35.0 Å². The average molecular weight is 311 g/mol. The number of nitrogens with one attached hydrogen (secondary N) is 1. The average Bonchev–Trinajstić information content (AvgIpc) is 2.33. The normalized spacial score (nSPS) is 10.5. The molecule has 98 valence electrons. The fourth-order valence-electron chi connectivity index (χ4n) is 1.61. The predicted octanol–water partition coefficient (Wildman–Crippen LogP) is 4.74. The maximum absolute atomic E-state index is 7.61. The fourth-order valence-corrected chi connectivity index (χ4v) is 3.20. The molecule has 0 aliphatic carbocycles. The summed E-state index contributed by atoms with van der Waals surface area (Å²) in [6.45, 7) is 1.99. The summed E-state index contributed by atoms with van der Waals surface area (Å²) >= 11 is 13.6. The molecule has 0 amide bonds. The van der Waals surface area contributed by atoms with Crippen LogP contribution in [0.1, 0.15) is 11.1 Å². The number of nitrogen functional groups attached to an aromatic ring is 1. The number of aryl methyl sites for hydroxylation is 1. The molecule has 2 aromatic carbocycles. The summed E-state index contributed by atoms with van der Waals surface area (Å²) in [5.41, 5.74) is 7.40. The minimum atomic E-state index is 0.0423. The molecule has 0 saturated carbocycles. The quantitative estimate of drug-likeness (QED) is 0.635. The second-order valence-electron chi connectivity index (χ2n) is 4.09. The van der Waals surface area contributed by atoms with Gasteiger partial charge in [0, 0.05) is 20.4 Å². The van der Waals surface area contributed by atoms with Crippen LogP contribution in [0.2, 0.25) is 10.0 Å². The van der Waals surface area contributed by atoms with Gasteiger partial charge >= 0.3 is 0 Å². The molecule has 3 N–H and O–H groups in total. The molecule has 0 unspecified atom stereocenters. The number of halogens is 2. The minimum Gasteiger partial charge on any atom is -0.384 e. The molecule has 2 rings (SSSR count). The van der Waals surface area contributed by atoms with Gasteiger partial charge in [-0.2, -0.15) is 0 Å². The Hall–Kier alpha value is -1.16. The molecule has 19 heavy (non-hydrogen) atoms. The van der Waals surface area contributed by atoms with Crippen molar-refractivity contribution in [2.45, 2.75) is 16.7 Å². The Morgan fingerprint density at radius 1 is 1.11 bits per heavy atom. The summed E-state index contributed by atoms with van der Waals surface area (Å²) in [7, 11) is 0. The highest BCUT2D eigenvalue weighted by Gasteiger charge is 2.10. The highest BCUT2D eigenvalue weighted by Crippen LogP contribution is 2.37. The number of benzene rings is 2. The van der Waals surface area contributed by atoms with Gasteiger partial charge in [0.1, 0.15) is 5.84 Å². The zero-order valence-corrected chi connectivity index (χ0v) is 12.5. The Bertz CT molecular complexity index is 641. The van der Waals surface area contributed by atoms with Gasteiger partial charge in [0.05, 0.1) is 5.02 Å². The molecule has 0 saturated heterocycles. The molecule has 0 bridgehead atoms. The Morgan fingerprint density at radius 3 is 2.53 bits per heavy atom. The van der Waals surface area contributed by atoms with Gasteiger partial charge in [0.15, 0.2) is 0 Å². The van der Waals surface area contributed by atoms with Crippen LogP contribution < -0.4 is 5.73 Å². The van der Waals surface area contributed by atoms with E-state index in [4.69, 9.17) is 34.3 Å². The third kappa shape index (κ3) is 3.44. The van der Waals surface area contributed by atoms with Crippen LogP contribution in [0.25, 0.3) is 0 Å². The van der Waals surface area contributed by atoms with E-state index in [0.29, 0.717) is 15.6 Å². The maximum Gasteiger partial charge on any atom is 0.123 e. The number of nitrogens with two attached hydrogens (primary N) is 1. The lowest BCUT2D eigenvalue weighted by molar-refractivity contribution is 1.29. The molecule has 0 spiro atoms. The van der Waals surface area contributed by atoms with Gasteiger partial charge in [0.2, 0.25) is 0 Å². The van der Waals surface area contributed by atoms with E-state index in [1.165, 1.54) is 11.8 Å². The Labute approximate surface area is 126 Å². The molecule has 2 aromatic rings. The van der Waals surface area contributed by atoms with Crippen LogP contribution in [0.3, 0.4) is 0 Å². The number of hydrogen-bond acceptors (Lipinski definition) is 2. The summed E-state index contributed by atoms with van der Waals surface area (Å²) in [5.74, 6) is 0.0423. The van der Waals surface area contributed by atoms with Gasteiger partial charge in [-0.15, -0.1) is 0 Å². The van der Waals surface area contributed by atoms with Crippen molar-refractivity contribution < 1.29 is 0 Å². The topological polar surface area (TPSA) is 49.9 Å². The third-order valence-electron chi connectivity index (χ3n) is 2.54. The Balaban J connectivity index is 2.45. The molecular formula is C14H12Cl2N2S. The first kappa shape index (κ1) is 14.3. The van der Waals surface area contributed by atoms with Crippen LogP contribution in [0, 0.1) is 12.3 Å². The predicted molar refractivity (Wildman–Crippen MR) is 82.8 cm³/mol. The van der Waals surface area contributed by atoms with Gasteiger partial charge < -0.3 is 5.73 Å². The molecule has 0 heterocycles. The van der Waals surface area contributed by atoms with Crippen LogP contribution in [0.4, 0.5) is 0 Å². The Morgan fingerprint density at radius 2 is 1.84 bits per heavy atom. The van der Waals surface area contributed by atoms with E-state index < -0.39 is 0 Å². The van der Waals surface area contributed by atoms with Crippen LogP contribution in [-0.4, -0.2) is 5.84 Å². The lowest BCUT2D eigenvalue weighted by Crippen LogP contribution is -2.12. The second-order valence-corrected chi connectivity index (χ2v) is 6.02. The fraction of sp³-hybridized carbons (Fsp3) is 0.0714. The van der Waals surface area contributed by atoms with Crippen molar-refractivity contribution in [1.82, 2.24) is 0 Å². The first-order valence-corrected chi connectivity index (χ1v) is 7.12. The van der Waals surface area contributed by atoms with Crippen molar-refractivity contribution in [3.8, 4) is 0 Å². The SMILES string of the molecule is Cc1ccc(C(=N)N)c(Sc2cc(Cl)ccc2Cl)c1. The third-order valence-corrected chi connectivity index (χ3v) is 4.33. The van der Waals surface area contributed by atoms with Crippen LogP contribution in [0.15, 0.2) is 46.2 Å². The molecule has 0 fully saturated rings. The molecule has 0 aromatic heterocycles. The van der Waals surface area contributed by atoms with E-state index in [0.717, 1.165) is 15.4 Å². The Kier molecular flexibility index (Phi) is 4.40. The number of rotatable bonds is 3. The lowest BCUT2D eigenvalue weighted by Gasteiger charge is -2.10. The molecule has 0 radical (unpaired) electrons. The zero-order valence-electron chi connectivity index (χ0n) is 10.2.